The topological polar surface area (TPSA) is 40.5 Å². The van der Waals surface area contributed by atoms with Crippen LogP contribution in [-0.2, 0) is 0 Å². The van der Waals surface area contributed by atoms with Crippen molar-refractivity contribution in [3.63, 3.8) is 0 Å². The average Bonchev–Trinajstić information content (AvgIpc) is 2.40. The van der Waals surface area contributed by atoms with E-state index >= 15 is 0 Å². The summed E-state index contributed by atoms with van der Waals surface area (Å²) < 4.78 is 0. The van der Waals surface area contributed by atoms with Gasteiger partial charge in [-0.05, 0) is 31.0 Å². The van der Waals surface area contributed by atoms with Gasteiger partial charge >= 0.3 is 5.97 Å². The van der Waals surface area contributed by atoms with Gasteiger partial charge in [-0.15, -0.1) is 0 Å². The van der Waals surface area contributed by atoms with Gasteiger partial charge in [0.25, 0.3) is 0 Å². The maximum atomic E-state index is 11.0. The molecule has 0 saturated carbocycles. The van der Waals surface area contributed by atoms with E-state index in [1.165, 1.54) is 0 Å². The Morgan fingerprint density at radius 1 is 1.28 bits per heavy atom. The van der Waals surface area contributed by atoms with Crippen LogP contribution in [0.2, 0.25) is 0 Å². The lowest BCUT2D eigenvalue weighted by Crippen LogP contribution is -2.29. The van der Waals surface area contributed by atoms with Gasteiger partial charge in [0.05, 0.1) is 5.56 Å². The summed E-state index contributed by atoms with van der Waals surface area (Å²) in [7, 11) is 0. The van der Waals surface area contributed by atoms with Crippen LogP contribution in [-0.4, -0.2) is 24.2 Å². The lowest BCUT2D eigenvalue weighted by molar-refractivity contribution is 0.0697. The largest absolute Gasteiger partial charge is 0.478 e. The SMILES string of the molecule is CCC(CC)CN(CC)c1cccc(C(=O)O)c1. The molecule has 18 heavy (non-hydrogen) atoms. The molecule has 1 N–H and O–H groups in total. The Hall–Kier alpha value is -1.51. The standard InChI is InChI=1S/C15H23NO2/c1-4-12(5-2)11-16(6-3)14-9-7-8-13(10-14)15(17)18/h7-10,12H,4-6,11H2,1-3H3,(H,17,18). The zero-order valence-corrected chi connectivity index (χ0v) is 11.5. The summed E-state index contributed by atoms with van der Waals surface area (Å²) in [5.74, 6) is -0.200. The van der Waals surface area contributed by atoms with Gasteiger partial charge in [0.2, 0.25) is 0 Å². The summed E-state index contributed by atoms with van der Waals surface area (Å²) in [6.45, 7) is 8.41. The van der Waals surface area contributed by atoms with Crippen LogP contribution < -0.4 is 4.90 Å². The first kappa shape index (κ1) is 14.6. The van der Waals surface area contributed by atoms with E-state index in [0.29, 0.717) is 11.5 Å². The summed E-state index contributed by atoms with van der Waals surface area (Å²) in [5.41, 5.74) is 1.36. The Labute approximate surface area is 109 Å². The first-order valence-electron chi connectivity index (χ1n) is 6.70. The summed E-state index contributed by atoms with van der Waals surface area (Å²) in [6.07, 6.45) is 2.32. The van der Waals surface area contributed by atoms with E-state index < -0.39 is 5.97 Å². The minimum atomic E-state index is -0.865. The van der Waals surface area contributed by atoms with Crippen LogP contribution in [0.3, 0.4) is 0 Å². The van der Waals surface area contributed by atoms with Gasteiger partial charge < -0.3 is 10.0 Å². The molecule has 0 aromatic heterocycles. The Kier molecular flexibility index (Phi) is 5.69. The third kappa shape index (κ3) is 3.76. The van der Waals surface area contributed by atoms with Crippen molar-refractivity contribution in [1.29, 1.82) is 0 Å². The smallest absolute Gasteiger partial charge is 0.335 e. The van der Waals surface area contributed by atoms with Crippen molar-refractivity contribution in [2.75, 3.05) is 18.0 Å². The number of rotatable bonds is 7. The summed E-state index contributed by atoms with van der Waals surface area (Å²) in [6, 6.07) is 7.19. The molecule has 1 aromatic rings. The second-order valence-electron chi connectivity index (χ2n) is 4.58. The van der Waals surface area contributed by atoms with Crippen LogP contribution in [0, 0.1) is 5.92 Å². The zero-order chi connectivity index (χ0) is 13.5. The maximum Gasteiger partial charge on any atom is 0.335 e. The molecule has 0 heterocycles. The number of nitrogens with zero attached hydrogens (tertiary/aromatic N) is 1. The fourth-order valence-corrected chi connectivity index (χ4v) is 2.11. The Bertz CT molecular complexity index is 386. The highest BCUT2D eigenvalue weighted by molar-refractivity contribution is 5.88. The molecule has 1 aromatic carbocycles. The van der Waals surface area contributed by atoms with E-state index in [-0.39, 0.29) is 0 Å². The molecule has 0 spiro atoms. The molecule has 0 unspecified atom stereocenters. The van der Waals surface area contributed by atoms with E-state index in [4.69, 9.17) is 5.11 Å². The van der Waals surface area contributed by atoms with Crippen LogP contribution in [0.15, 0.2) is 24.3 Å². The third-order valence-corrected chi connectivity index (χ3v) is 3.47. The predicted molar refractivity (Wildman–Crippen MR) is 75.4 cm³/mol. The van der Waals surface area contributed by atoms with Gasteiger partial charge in [0.15, 0.2) is 0 Å². The van der Waals surface area contributed by atoms with E-state index in [2.05, 4.69) is 25.7 Å². The molecular formula is C15H23NO2. The van der Waals surface area contributed by atoms with Crippen LogP contribution in [0.1, 0.15) is 44.0 Å². The molecule has 3 heteroatoms. The minimum Gasteiger partial charge on any atom is -0.478 e. The first-order valence-corrected chi connectivity index (χ1v) is 6.70. The molecule has 0 bridgehead atoms. The number of carbonyl (C=O) groups is 1. The number of carboxylic acids is 1. The van der Waals surface area contributed by atoms with Crippen molar-refractivity contribution in [2.24, 2.45) is 5.92 Å². The maximum absolute atomic E-state index is 11.0. The van der Waals surface area contributed by atoms with E-state index in [1.807, 2.05) is 12.1 Å². The number of hydrogen-bond donors (Lipinski definition) is 1. The van der Waals surface area contributed by atoms with Crippen molar-refractivity contribution in [3.8, 4) is 0 Å². The van der Waals surface area contributed by atoms with Crippen molar-refractivity contribution >= 4 is 11.7 Å². The molecule has 0 aliphatic carbocycles. The molecular weight excluding hydrogens is 226 g/mol. The van der Waals surface area contributed by atoms with E-state index in [9.17, 15) is 4.79 Å². The number of benzene rings is 1. The molecule has 0 fully saturated rings. The van der Waals surface area contributed by atoms with Gasteiger partial charge in [-0.3, -0.25) is 0 Å². The summed E-state index contributed by atoms with van der Waals surface area (Å²) in [4.78, 5) is 13.2. The Morgan fingerprint density at radius 2 is 1.94 bits per heavy atom. The fraction of sp³-hybridized carbons (Fsp3) is 0.533. The quantitative estimate of drug-likeness (QED) is 0.802. The van der Waals surface area contributed by atoms with Gasteiger partial charge in [0.1, 0.15) is 0 Å². The van der Waals surface area contributed by atoms with Gasteiger partial charge in [0, 0.05) is 18.8 Å². The number of aromatic carboxylic acids is 1. The van der Waals surface area contributed by atoms with Crippen LogP contribution >= 0.6 is 0 Å². The first-order chi connectivity index (χ1) is 8.62. The molecule has 0 amide bonds. The molecule has 0 aliphatic rings. The van der Waals surface area contributed by atoms with E-state index in [1.54, 1.807) is 12.1 Å². The van der Waals surface area contributed by atoms with Crippen molar-refractivity contribution in [2.45, 2.75) is 33.6 Å². The highest BCUT2D eigenvalue weighted by atomic mass is 16.4. The monoisotopic (exact) mass is 249 g/mol. The van der Waals surface area contributed by atoms with Crippen molar-refractivity contribution in [1.82, 2.24) is 0 Å². The molecule has 3 nitrogen and oxygen atoms in total. The summed E-state index contributed by atoms with van der Waals surface area (Å²) in [5, 5.41) is 9.02. The highest BCUT2D eigenvalue weighted by Gasteiger charge is 2.12. The summed E-state index contributed by atoms with van der Waals surface area (Å²) >= 11 is 0. The second kappa shape index (κ2) is 7.04. The predicted octanol–water partition coefficient (Wildman–Crippen LogP) is 3.65. The lowest BCUT2D eigenvalue weighted by atomic mass is 10.0. The second-order valence-corrected chi connectivity index (χ2v) is 4.58. The molecule has 100 valence electrons. The fourth-order valence-electron chi connectivity index (χ4n) is 2.11. The molecule has 0 atom stereocenters. The minimum absolute atomic E-state index is 0.357. The van der Waals surface area contributed by atoms with Crippen LogP contribution in [0.5, 0.6) is 0 Å². The number of carboxylic acid groups (broad SMARTS) is 1. The van der Waals surface area contributed by atoms with Gasteiger partial charge in [-0.1, -0.05) is 32.8 Å². The van der Waals surface area contributed by atoms with Gasteiger partial charge in [-0.25, -0.2) is 4.79 Å². The molecule has 1 rings (SSSR count). The number of hydrogen-bond acceptors (Lipinski definition) is 2. The molecule has 0 saturated heterocycles. The number of anilines is 1. The average molecular weight is 249 g/mol. The van der Waals surface area contributed by atoms with Crippen LogP contribution in [0.25, 0.3) is 0 Å². The third-order valence-electron chi connectivity index (χ3n) is 3.47. The van der Waals surface area contributed by atoms with E-state index in [0.717, 1.165) is 31.6 Å². The molecule has 0 radical (unpaired) electrons. The Balaban J connectivity index is 2.87. The normalized spacial score (nSPS) is 10.7. The van der Waals surface area contributed by atoms with Crippen molar-refractivity contribution in [3.05, 3.63) is 29.8 Å². The highest BCUT2D eigenvalue weighted by Crippen LogP contribution is 2.19. The molecule has 0 aliphatic heterocycles. The van der Waals surface area contributed by atoms with Crippen molar-refractivity contribution < 1.29 is 9.90 Å². The van der Waals surface area contributed by atoms with Crippen LogP contribution in [0.4, 0.5) is 5.69 Å². The lowest BCUT2D eigenvalue weighted by Gasteiger charge is -2.27. The van der Waals surface area contributed by atoms with Gasteiger partial charge in [-0.2, -0.15) is 0 Å². The zero-order valence-electron chi connectivity index (χ0n) is 11.5. The Morgan fingerprint density at radius 3 is 2.44 bits per heavy atom.